The SMILES string of the molecule is CC(=O)N[C@H]1CCCN(Cc2cnc[nH]2)[C@H]1Cc1ccccc1. The van der Waals surface area contributed by atoms with E-state index in [1.54, 1.807) is 13.3 Å². The lowest BCUT2D eigenvalue weighted by molar-refractivity contribution is -0.120. The second-order valence-corrected chi connectivity index (χ2v) is 6.25. The molecule has 1 aromatic heterocycles. The molecule has 2 atom stereocenters. The van der Waals surface area contributed by atoms with E-state index in [2.05, 4.69) is 44.5 Å². The number of hydrogen-bond donors (Lipinski definition) is 2. The van der Waals surface area contributed by atoms with E-state index in [4.69, 9.17) is 0 Å². The van der Waals surface area contributed by atoms with Crippen LogP contribution < -0.4 is 5.32 Å². The summed E-state index contributed by atoms with van der Waals surface area (Å²) in [7, 11) is 0. The van der Waals surface area contributed by atoms with Gasteiger partial charge >= 0.3 is 0 Å². The molecule has 0 bridgehead atoms. The Balaban J connectivity index is 1.78. The van der Waals surface area contributed by atoms with Crippen LogP contribution in [0.15, 0.2) is 42.9 Å². The Labute approximate surface area is 137 Å². The van der Waals surface area contributed by atoms with Crippen LogP contribution in [0.1, 0.15) is 31.0 Å². The summed E-state index contributed by atoms with van der Waals surface area (Å²) in [6.07, 6.45) is 6.68. The number of hydrogen-bond acceptors (Lipinski definition) is 3. The molecule has 1 amide bonds. The van der Waals surface area contributed by atoms with E-state index in [1.807, 2.05) is 12.3 Å². The first kappa shape index (κ1) is 15.7. The molecule has 2 heterocycles. The molecule has 0 saturated carbocycles. The zero-order valence-corrected chi connectivity index (χ0v) is 13.5. The number of carbonyl (C=O) groups is 1. The minimum absolute atomic E-state index is 0.0523. The highest BCUT2D eigenvalue weighted by Crippen LogP contribution is 2.23. The van der Waals surface area contributed by atoms with Crippen LogP contribution in [0.3, 0.4) is 0 Å². The Kier molecular flexibility index (Phi) is 5.08. The van der Waals surface area contributed by atoms with Crippen molar-refractivity contribution in [3.05, 3.63) is 54.1 Å². The quantitative estimate of drug-likeness (QED) is 0.889. The van der Waals surface area contributed by atoms with Crippen molar-refractivity contribution >= 4 is 5.91 Å². The fourth-order valence-corrected chi connectivity index (χ4v) is 3.47. The molecule has 1 fully saturated rings. The summed E-state index contributed by atoms with van der Waals surface area (Å²) in [5.74, 6) is 0.0523. The first-order valence-corrected chi connectivity index (χ1v) is 8.24. The first-order chi connectivity index (χ1) is 11.2. The van der Waals surface area contributed by atoms with Gasteiger partial charge < -0.3 is 10.3 Å². The number of imidazole rings is 1. The molecule has 1 aliphatic rings. The number of piperidine rings is 1. The smallest absolute Gasteiger partial charge is 0.217 e. The third-order valence-electron chi connectivity index (χ3n) is 4.50. The van der Waals surface area contributed by atoms with Gasteiger partial charge in [0, 0.05) is 37.4 Å². The Bertz CT molecular complexity index is 611. The maximum Gasteiger partial charge on any atom is 0.217 e. The Hall–Kier alpha value is -2.14. The van der Waals surface area contributed by atoms with Crippen molar-refractivity contribution in [2.45, 2.75) is 44.8 Å². The van der Waals surface area contributed by atoms with Crippen LogP contribution in [0.25, 0.3) is 0 Å². The molecule has 5 heteroatoms. The fraction of sp³-hybridized carbons (Fsp3) is 0.444. The van der Waals surface area contributed by atoms with Gasteiger partial charge in [0.2, 0.25) is 5.91 Å². The predicted octanol–water partition coefficient (Wildman–Crippen LogP) is 2.12. The van der Waals surface area contributed by atoms with Gasteiger partial charge in [-0.15, -0.1) is 0 Å². The molecule has 122 valence electrons. The number of likely N-dealkylation sites (tertiary alicyclic amines) is 1. The third kappa shape index (κ3) is 4.20. The van der Waals surface area contributed by atoms with Crippen molar-refractivity contribution in [3.8, 4) is 0 Å². The minimum atomic E-state index is 0.0523. The summed E-state index contributed by atoms with van der Waals surface area (Å²) >= 11 is 0. The van der Waals surface area contributed by atoms with E-state index in [1.165, 1.54) is 5.56 Å². The number of nitrogens with one attached hydrogen (secondary N) is 2. The van der Waals surface area contributed by atoms with Crippen molar-refractivity contribution in [2.24, 2.45) is 0 Å². The van der Waals surface area contributed by atoms with Gasteiger partial charge in [0.25, 0.3) is 0 Å². The van der Waals surface area contributed by atoms with Crippen LogP contribution in [-0.4, -0.2) is 39.4 Å². The van der Waals surface area contributed by atoms with E-state index in [-0.39, 0.29) is 11.9 Å². The number of carbonyl (C=O) groups excluding carboxylic acids is 1. The van der Waals surface area contributed by atoms with Crippen molar-refractivity contribution in [2.75, 3.05) is 6.54 Å². The van der Waals surface area contributed by atoms with Crippen LogP contribution in [0.4, 0.5) is 0 Å². The standard InChI is InChI=1S/C18H24N4O/c1-14(23)21-17-8-5-9-22(12-16-11-19-13-20-16)18(17)10-15-6-3-2-4-7-15/h2-4,6-7,11,13,17-18H,5,8-10,12H2,1H3,(H,19,20)(H,21,23)/t17-,18-/m0/s1. The number of aromatic nitrogens is 2. The van der Waals surface area contributed by atoms with Crippen molar-refractivity contribution in [1.82, 2.24) is 20.2 Å². The van der Waals surface area contributed by atoms with Gasteiger partial charge in [0.05, 0.1) is 6.33 Å². The topological polar surface area (TPSA) is 61.0 Å². The van der Waals surface area contributed by atoms with Crippen LogP contribution >= 0.6 is 0 Å². The average Bonchev–Trinajstić information content (AvgIpc) is 3.04. The second-order valence-electron chi connectivity index (χ2n) is 6.25. The lowest BCUT2D eigenvalue weighted by Gasteiger charge is -2.41. The van der Waals surface area contributed by atoms with E-state index in [0.29, 0.717) is 6.04 Å². The molecule has 1 aromatic carbocycles. The molecule has 0 radical (unpaired) electrons. The van der Waals surface area contributed by atoms with E-state index in [0.717, 1.165) is 38.0 Å². The second kappa shape index (κ2) is 7.42. The molecule has 23 heavy (non-hydrogen) atoms. The molecule has 3 rings (SSSR count). The lowest BCUT2D eigenvalue weighted by Crippen LogP contribution is -2.55. The molecule has 0 unspecified atom stereocenters. The fourth-order valence-electron chi connectivity index (χ4n) is 3.47. The minimum Gasteiger partial charge on any atom is -0.352 e. The number of nitrogens with zero attached hydrogens (tertiary/aromatic N) is 2. The highest BCUT2D eigenvalue weighted by Gasteiger charge is 2.32. The maximum absolute atomic E-state index is 11.6. The largest absolute Gasteiger partial charge is 0.352 e. The molecule has 0 spiro atoms. The summed E-state index contributed by atoms with van der Waals surface area (Å²) in [6, 6.07) is 11.0. The Morgan fingerprint density at radius 3 is 2.91 bits per heavy atom. The Morgan fingerprint density at radius 1 is 1.39 bits per heavy atom. The predicted molar refractivity (Wildman–Crippen MR) is 89.8 cm³/mol. The average molecular weight is 312 g/mol. The molecule has 2 aromatic rings. The zero-order valence-electron chi connectivity index (χ0n) is 13.5. The number of H-pyrrole nitrogens is 1. The van der Waals surface area contributed by atoms with Gasteiger partial charge in [-0.1, -0.05) is 30.3 Å². The molecular formula is C18H24N4O. The van der Waals surface area contributed by atoms with Crippen molar-refractivity contribution in [3.63, 3.8) is 0 Å². The van der Waals surface area contributed by atoms with Crippen LogP contribution in [-0.2, 0) is 17.8 Å². The third-order valence-corrected chi connectivity index (χ3v) is 4.50. The molecule has 1 aliphatic heterocycles. The highest BCUT2D eigenvalue weighted by atomic mass is 16.1. The number of rotatable bonds is 5. The highest BCUT2D eigenvalue weighted by molar-refractivity contribution is 5.73. The summed E-state index contributed by atoms with van der Waals surface area (Å²) in [4.78, 5) is 21.3. The molecule has 5 nitrogen and oxygen atoms in total. The van der Waals surface area contributed by atoms with Gasteiger partial charge in [-0.05, 0) is 31.4 Å². The van der Waals surface area contributed by atoms with Gasteiger partial charge in [0.15, 0.2) is 0 Å². The number of amides is 1. The van der Waals surface area contributed by atoms with E-state index >= 15 is 0 Å². The number of aromatic amines is 1. The van der Waals surface area contributed by atoms with Gasteiger partial charge in [-0.3, -0.25) is 9.69 Å². The molecular weight excluding hydrogens is 288 g/mol. The summed E-state index contributed by atoms with van der Waals surface area (Å²) in [5.41, 5.74) is 2.43. The van der Waals surface area contributed by atoms with Gasteiger partial charge in [-0.2, -0.15) is 0 Å². The lowest BCUT2D eigenvalue weighted by atomic mass is 9.90. The first-order valence-electron chi connectivity index (χ1n) is 8.24. The number of benzene rings is 1. The van der Waals surface area contributed by atoms with E-state index in [9.17, 15) is 4.79 Å². The van der Waals surface area contributed by atoms with Gasteiger partial charge in [-0.25, -0.2) is 4.98 Å². The molecule has 1 saturated heterocycles. The van der Waals surface area contributed by atoms with Crippen LogP contribution in [0.5, 0.6) is 0 Å². The Morgan fingerprint density at radius 2 is 2.22 bits per heavy atom. The van der Waals surface area contributed by atoms with Crippen molar-refractivity contribution < 1.29 is 4.79 Å². The van der Waals surface area contributed by atoms with E-state index < -0.39 is 0 Å². The summed E-state index contributed by atoms with van der Waals surface area (Å²) < 4.78 is 0. The van der Waals surface area contributed by atoms with Gasteiger partial charge in [0.1, 0.15) is 0 Å². The normalized spacial score (nSPS) is 22.0. The molecule has 0 aliphatic carbocycles. The summed E-state index contributed by atoms with van der Waals surface area (Å²) in [5, 5.41) is 3.16. The van der Waals surface area contributed by atoms with Crippen molar-refractivity contribution in [1.29, 1.82) is 0 Å². The van der Waals surface area contributed by atoms with Crippen LogP contribution in [0.2, 0.25) is 0 Å². The zero-order chi connectivity index (χ0) is 16.1. The van der Waals surface area contributed by atoms with Crippen LogP contribution in [0, 0.1) is 0 Å². The summed E-state index contributed by atoms with van der Waals surface area (Å²) in [6.45, 7) is 3.49. The maximum atomic E-state index is 11.6. The molecule has 2 N–H and O–H groups in total. The monoisotopic (exact) mass is 312 g/mol.